The topological polar surface area (TPSA) is 78.7 Å². The minimum Gasteiger partial charge on any atom is -0.507 e. The third-order valence-electron chi connectivity index (χ3n) is 5.71. The molecule has 7 nitrogen and oxygen atoms in total. The Balaban J connectivity index is 1.83. The zero-order valence-electron chi connectivity index (χ0n) is 18.4. The summed E-state index contributed by atoms with van der Waals surface area (Å²) in [5, 5.41) is 15.7. The molecule has 1 aliphatic rings. The zero-order chi connectivity index (χ0) is 22.8. The van der Waals surface area contributed by atoms with E-state index in [4.69, 9.17) is 0 Å². The normalized spacial score (nSPS) is 18.0. The van der Waals surface area contributed by atoms with Gasteiger partial charge in [-0.25, -0.2) is 4.68 Å². The molecule has 1 aromatic heterocycles. The predicted octanol–water partition coefficient (Wildman–Crippen LogP) is 3.16. The first kappa shape index (κ1) is 21.5. The van der Waals surface area contributed by atoms with Gasteiger partial charge in [0.1, 0.15) is 5.76 Å². The van der Waals surface area contributed by atoms with Gasteiger partial charge in [0.05, 0.1) is 34.8 Å². The minimum atomic E-state index is -0.679. The molecule has 4 rings (SSSR count). The molecule has 32 heavy (non-hydrogen) atoms. The number of likely N-dealkylation sites (N-methyl/N-ethyl adjacent to an activating group) is 1. The molecule has 164 valence electrons. The lowest BCUT2D eigenvalue weighted by atomic mass is 9.95. The molecule has 0 aliphatic carbocycles. The molecule has 1 saturated heterocycles. The third kappa shape index (κ3) is 3.83. The Morgan fingerprint density at radius 1 is 1.03 bits per heavy atom. The number of ketones is 1. The van der Waals surface area contributed by atoms with E-state index in [0.29, 0.717) is 24.3 Å². The van der Waals surface area contributed by atoms with Crippen molar-refractivity contribution in [1.82, 2.24) is 19.6 Å². The molecule has 1 aliphatic heterocycles. The first-order chi connectivity index (χ1) is 15.4. The molecule has 1 N–H and O–H groups in total. The van der Waals surface area contributed by atoms with E-state index in [0.717, 1.165) is 11.3 Å². The standard InChI is InChI=1S/C25H26N4O3/c1-17-20(16-26-29(17)19-12-8-5-9-13-19)23(30)21-22(18-10-6-4-7-11-18)28(15-14-27(2)3)25(32)24(21)31/h4-13,16,22,30H,14-15H2,1-3H3/b23-21+/t22-/m0/s1. The van der Waals surface area contributed by atoms with E-state index in [9.17, 15) is 14.7 Å². The predicted molar refractivity (Wildman–Crippen MR) is 122 cm³/mol. The number of para-hydroxylation sites is 1. The van der Waals surface area contributed by atoms with Crippen molar-refractivity contribution in [2.75, 3.05) is 27.2 Å². The van der Waals surface area contributed by atoms with Crippen LogP contribution in [0.4, 0.5) is 0 Å². The lowest BCUT2D eigenvalue weighted by Crippen LogP contribution is -2.35. The highest BCUT2D eigenvalue weighted by molar-refractivity contribution is 6.46. The SMILES string of the molecule is Cc1c(/C(O)=C2\C(=O)C(=O)N(CCN(C)C)[C@H]2c2ccccc2)cnn1-c1ccccc1. The first-order valence-electron chi connectivity index (χ1n) is 10.5. The number of carbonyl (C=O) groups excluding carboxylic acids is 2. The summed E-state index contributed by atoms with van der Waals surface area (Å²) in [6.07, 6.45) is 1.53. The van der Waals surface area contributed by atoms with Crippen molar-refractivity contribution in [3.8, 4) is 5.69 Å². The van der Waals surface area contributed by atoms with Crippen LogP contribution in [0.5, 0.6) is 0 Å². The quantitative estimate of drug-likeness (QED) is 0.369. The Morgan fingerprint density at radius 2 is 1.66 bits per heavy atom. The molecule has 3 aromatic rings. The largest absolute Gasteiger partial charge is 0.507 e. The summed E-state index contributed by atoms with van der Waals surface area (Å²) in [5.41, 5.74) is 2.83. The van der Waals surface area contributed by atoms with E-state index in [1.807, 2.05) is 86.6 Å². The highest BCUT2D eigenvalue weighted by Crippen LogP contribution is 2.39. The number of aliphatic hydroxyl groups is 1. The Bertz CT molecular complexity index is 1170. The van der Waals surface area contributed by atoms with Gasteiger partial charge in [0, 0.05) is 13.1 Å². The van der Waals surface area contributed by atoms with Crippen LogP contribution in [-0.4, -0.2) is 63.6 Å². The van der Waals surface area contributed by atoms with Crippen LogP contribution in [0.2, 0.25) is 0 Å². The number of rotatable bonds is 6. The van der Waals surface area contributed by atoms with Crippen LogP contribution in [0.1, 0.15) is 22.9 Å². The fourth-order valence-electron chi connectivity index (χ4n) is 4.02. The molecule has 1 atom stereocenters. The van der Waals surface area contributed by atoms with E-state index in [2.05, 4.69) is 5.10 Å². The molecular weight excluding hydrogens is 404 g/mol. The highest BCUT2D eigenvalue weighted by atomic mass is 16.3. The van der Waals surface area contributed by atoms with E-state index in [-0.39, 0.29) is 11.3 Å². The van der Waals surface area contributed by atoms with Crippen LogP contribution in [-0.2, 0) is 9.59 Å². The lowest BCUT2D eigenvalue weighted by molar-refractivity contribution is -0.140. The Hall–Kier alpha value is -3.71. The molecule has 2 heterocycles. The fourth-order valence-corrected chi connectivity index (χ4v) is 4.02. The fraction of sp³-hybridized carbons (Fsp3) is 0.240. The molecule has 0 saturated carbocycles. The van der Waals surface area contributed by atoms with Gasteiger partial charge in [0.25, 0.3) is 11.7 Å². The highest BCUT2D eigenvalue weighted by Gasteiger charge is 2.46. The minimum absolute atomic E-state index is 0.0932. The number of Topliss-reactive ketones (excluding diaryl/α,β-unsaturated/α-hetero) is 1. The molecule has 1 fully saturated rings. The second kappa shape index (κ2) is 8.80. The van der Waals surface area contributed by atoms with Gasteiger partial charge in [-0.1, -0.05) is 48.5 Å². The third-order valence-corrected chi connectivity index (χ3v) is 5.71. The number of aliphatic hydroxyl groups excluding tert-OH is 1. The number of benzene rings is 2. The number of likely N-dealkylation sites (tertiary alicyclic amines) is 1. The van der Waals surface area contributed by atoms with Crippen LogP contribution in [0.25, 0.3) is 11.4 Å². The Labute approximate surface area is 187 Å². The van der Waals surface area contributed by atoms with Gasteiger partial charge in [-0.2, -0.15) is 5.10 Å². The number of nitrogens with zero attached hydrogens (tertiary/aromatic N) is 4. The summed E-state index contributed by atoms with van der Waals surface area (Å²) in [6.45, 7) is 2.80. The van der Waals surface area contributed by atoms with Crippen LogP contribution < -0.4 is 0 Å². The number of amides is 1. The number of hydrogen-bond donors (Lipinski definition) is 1. The Kier molecular flexibility index (Phi) is 5.92. The van der Waals surface area contributed by atoms with Crippen molar-refractivity contribution in [3.05, 3.63) is 89.3 Å². The van der Waals surface area contributed by atoms with Crippen molar-refractivity contribution in [2.24, 2.45) is 0 Å². The summed E-state index contributed by atoms with van der Waals surface area (Å²) < 4.78 is 1.70. The lowest BCUT2D eigenvalue weighted by Gasteiger charge is -2.26. The van der Waals surface area contributed by atoms with Gasteiger partial charge in [-0.05, 0) is 38.7 Å². The van der Waals surface area contributed by atoms with Gasteiger partial charge in [0.15, 0.2) is 0 Å². The maximum Gasteiger partial charge on any atom is 0.295 e. The summed E-state index contributed by atoms with van der Waals surface area (Å²) in [7, 11) is 3.82. The second-order valence-corrected chi connectivity index (χ2v) is 8.10. The van der Waals surface area contributed by atoms with Crippen molar-refractivity contribution in [1.29, 1.82) is 0 Å². The van der Waals surface area contributed by atoms with E-state index in [1.54, 1.807) is 9.58 Å². The molecule has 0 spiro atoms. The van der Waals surface area contributed by atoms with Crippen molar-refractivity contribution in [3.63, 3.8) is 0 Å². The molecule has 0 unspecified atom stereocenters. The zero-order valence-corrected chi connectivity index (χ0v) is 18.4. The van der Waals surface area contributed by atoms with Gasteiger partial charge in [-0.3, -0.25) is 9.59 Å². The first-order valence-corrected chi connectivity index (χ1v) is 10.5. The van der Waals surface area contributed by atoms with E-state index < -0.39 is 17.7 Å². The van der Waals surface area contributed by atoms with Gasteiger partial charge >= 0.3 is 0 Å². The van der Waals surface area contributed by atoms with Gasteiger partial charge < -0.3 is 14.9 Å². The maximum absolute atomic E-state index is 13.1. The monoisotopic (exact) mass is 430 g/mol. The molecular formula is C25H26N4O3. The second-order valence-electron chi connectivity index (χ2n) is 8.10. The summed E-state index contributed by atoms with van der Waals surface area (Å²) >= 11 is 0. The van der Waals surface area contributed by atoms with Crippen LogP contribution in [0, 0.1) is 6.92 Å². The van der Waals surface area contributed by atoms with Crippen molar-refractivity contribution in [2.45, 2.75) is 13.0 Å². The van der Waals surface area contributed by atoms with Crippen LogP contribution in [0.3, 0.4) is 0 Å². The van der Waals surface area contributed by atoms with Crippen molar-refractivity contribution >= 4 is 17.4 Å². The van der Waals surface area contributed by atoms with Crippen LogP contribution in [0.15, 0.2) is 72.4 Å². The average Bonchev–Trinajstić information content (AvgIpc) is 3.30. The average molecular weight is 431 g/mol. The van der Waals surface area contributed by atoms with E-state index >= 15 is 0 Å². The number of carbonyl (C=O) groups is 2. The van der Waals surface area contributed by atoms with Crippen molar-refractivity contribution < 1.29 is 14.7 Å². The van der Waals surface area contributed by atoms with E-state index in [1.165, 1.54) is 6.20 Å². The number of hydrogen-bond acceptors (Lipinski definition) is 5. The number of aromatic nitrogens is 2. The molecule has 7 heteroatoms. The molecule has 0 radical (unpaired) electrons. The van der Waals surface area contributed by atoms with Gasteiger partial charge in [-0.15, -0.1) is 0 Å². The van der Waals surface area contributed by atoms with Gasteiger partial charge in [0.2, 0.25) is 0 Å². The molecule has 0 bridgehead atoms. The summed E-state index contributed by atoms with van der Waals surface area (Å²) in [5.74, 6) is -1.48. The summed E-state index contributed by atoms with van der Waals surface area (Å²) in [4.78, 5) is 29.5. The smallest absolute Gasteiger partial charge is 0.295 e. The van der Waals surface area contributed by atoms with Crippen LogP contribution >= 0.6 is 0 Å². The maximum atomic E-state index is 13.1. The molecule has 2 aromatic carbocycles. The summed E-state index contributed by atoms with van der Waals surface area (Å²) in [6, 6.07) is 18.2. The molecule has 1 amide bonds. The Morgan fingerprint density at radius 3 is 2.28 bits per heavy atom.